The van der Waals surface area contributed by atoms with Crippen molar-refractivity contribution in [3.63, 3.8) is 0 Å². The molecule has 1 saturated heterocycles. The largest absolute Gasteiger partial charge is 0.349 e. The number of amides is 1. The Morgan fingerprint density at radius 1 is 1.19 bits per heavy atom. The second kappa shape index (κ2) is 9.29. The number of nitrogens with zero attached hydrogens (tertiary/aromatic N) is 3. The van der Waals surface area contributed by atoms with Crippen molar-refractivity contribution in [2.75, 3.05) is 25.0 Å². The monoisotopic (exact) mass is 473 g/mol. The minimum Gasteiger partial charge on any atom is -0.349 e. The van der Waals surface area contributed by atoms with Gasteiger partial charge >= 0.3 is 0 Å². The van der Waals surface area contributed by atoms with E-state index in [0.29, 0.717) is 16.4 Å². The van der Waals surface area contributed by atoms with Crippen LogP contribution in [-0.4, -0.2) is 46.5 Å². The predicted octanol–water partition coefficient (Wildman–Crippen LogP) is 5.22. The Morgan fingerprint density at radius 2 is 2.00 bits per heavy atom. The third kappa shape index (κ3) is 4.72. The summed E-state index contributed by atoms with van der Waals surface area (Å²) in [6.45, 7) is 3.31. The lowest BCUT2D eigenvalue weighted by molar-refractivity contribution is 0.0899. The number of nitrogens with one attached hydrogen (secondary N) is 2. The molecule has 1 amide bonds. The van der Waals surface area contributed by atoms with Crippen LogP contribution in [0.1, 0.15) is 41.8 Å². The molecule has 3 aromatic rings. The molecule has 2 aromatic heterocycles. The van der Waals surface area contributed by atoms with Crippen molar-refractivity contribution in [3.8, 4) is 0 Å². The smallest absolute Gasteiger partial charge is 0.261 e. The van der Waals surface area contributed by atoms with Gasteiger partial charge in [0, 0.05) is 31.4 Å². The summed E-state index contributed by atoms with van der Waals surface area (Å²) in [7, 11) is 0. The van der Waals surface area contributed by atoms with Crippen LogP contribution in [0.15, 0.2) is 30.6 Å². The molecule has 1 aromatic carbocycles. The number of hydrogen-bond donors (Lipinski definition) is 2. The molecule has 1 aliphatic heterocycles. The number of hydrogen-bond acceptors (Lipinski definition) is 6. The molecule has 32 heavy (non-hydrogen) atoms. The van der Waals surface area contributed by atoms with Crippen molar-refractivity contribution < 1.29 is 9.18 Å². The van der Waals surface area contributed by atoms with Gasteiger partial charge in [-0.3, -0.25) is 4.79 Å². The van der Waals surface area contributed by atoms with Gasteiger partial charge in [0.2, 0.25) is 0 Å². The lowest BCUT2D eigenvalue weighted by atomic mass is 9.84. The molecule has 0 spiro atoms. The fourth-order valence-electron chi connectivity index (χ4n) is 4.33. The van der Waals surface area contributed by atoms with E-state index in [-0.39, 0.29) is 17.0 Å². The molecular weight excluding hydrogens is 449 g/mol. The third-order valence-electron chi connectivity index (χ3n) is 6.40. The molecule has 0 unspecified atom stereocenters. The Bertz CT molecular complexity index is 1130. The van der Waals surface area contributed by atoms with Crippen LogP contribution in [0.4, 0.5) is 15.9 Å². The van der Waals surface area contributed by atoms with E-state index in [1.165, 1.54) is 55.6 Å². The summed E-state index contributed by atoms with van der Waals surface area (Å²) >= 11 is 7.22. The fraction of sp³-hybridized carbons (Fsp3) is 0.435. The van der Waals surface area contributed by atoms with Crippen molar-refractivity contribution in [3.05, 3.63) is 46.3 Å². The SMILES string of the molecule is O=C(NC1CCN(CC2CCC2)CC1)c1cc2c(Nc3ccc(F)c(Cl)c3)ncnc2s1. The molecule has 3 heterocycles. The van der Waals surface area contributed by atoms with Gasteiger partial charge in [-0.1, -0.05) is 18.0 Å². The van der Waals surface area contributed by atoms with Gasteiger partial charge in [-0.15, -0.1) is 11.3 Å². The zero-order valence-electron chi connectivity index (χ0n) is 17.6. The summed E-state index contributed by atoms with van der Waals surface area (Å²) in [5, 5.41) is 7.12. The topological polar surface area (TPSA) is 70.2 Å². The van der Waals surface area contributed by atoms with Crippen molar-refractivity contribution in [2.45, 2.75) is 38.1 Å². The lowest BCUT2D eigenvalue weighted by Gasteiger charge is -2.37. The highest BCUT2D eigenvalue weighted by Crippen LogP contribution is 2.31. The molecule has 6 nitrogen and oxygen atoms in total. The zero-order chi connectivity index (χ0) is 22.1. The molecule has 0 radical (unpaired) electrons. The minimum atomic E-state index is -0.478. The molecule has 2 fully saturated rings. The first kappa shape index (κ1) is 21.6. The number of benzene rings is 1. The highest BCUT2D eigenvalue weighted by molar-refractivity contribution is 7.20. The molecule has 168 valence electrons. The molecule has 9 heteroatoms. The van der Waals surface area contributed by atoms with Gasteiger partial charge in [-0.2, -0.15) is 0 Å². The van der Waals surface area contributed by atoms with Crippen LogP contribution in [0.25, 0.3) is 10.2 Å². The number of piperidine rings is 1. The van der Waals surface area contributed by atoms with Crippen molar-refractivity contribution in [2.24, 2.45) is 5.92 Å². The average Bonchev–Trinajstić information content (AvgIpc) is 3.20. The van der Waals surface area contributed by atoms with Crippen LogP contribution >= 0.6 is 22.9 Å². The highest BCUT2D eigenvalue weighted by Gasteiger charge is 2.26. The Labute approximate surface area is 195 Å². The lowest BCUT2D eigenvalue weighted by Crippen LogP contribution is -2.46. The molecule has 1 aliphatic carbocycles. The molecular formula is C23H25ClFN5OS. The maximum Gasteiger partial charge on any atom is 0.261 e. The summed E-state index contributed by atoms with van der Waals surface area (Å²) in [6, 6.07) is 6.41. The standard InChI is InChI=1S/C23H25ClFN5OS/c24-18-10-16(4-5-19(18)25)28-21-17-11-20(32-23(17)27-13-26-21)22(31)29-15-6-8-30(9-7-15)12-14-2-1-3-14/h4-5,10-11,13-15H,1-3,6-9,12H2,(H,29,31)(H,26,27,28). The summed E-state index contributed by atoms with van der Waals surface area (Å²) in [5.41, 5.74) is 0.613. The first-order valence-electron chi connectivity index (χ1n) is 11.0. The van der Waals surface area contributed by atoms with E-state index in [1.54, 1.807) is 6.07 Å². The number of anilines is 2. The zero-order valence-corrected chi connectivity index (χ0v) is 19.2. The molecule has 0 atom stereocenters. The van der Waals surface area contributed by atoms with E-state index in [9.17, 15) is 9.18 Å². The number of rotatable bonds is 6. The number of carbonyl (C=O) groups excluding carboxylic acids is 1. The summed E-state index contributed by atoms with van der Waals surface area (Å²) < 4.78 is 13.4. The van der Waals surface area contributed by atoms with Gasteiger partial charge in [0.15, 0.2) is 0 Å². The van der Waals surface area contributed by atoms with Gasteiger partial charge in [-0.25, -0.2) is 14.4 Å². The van der Waals surface area contributed by atoms with E-state index in [1.807, 2.05) is 6.07 Å². The molecule has 1 saturated carbocycles. The maximum atomic E-state index is 13.4. The summed E-state index contributed by atoms with van der Waals surface area (Å²) in [6.07, 6.45) is 7.55. The van der Waals surface area contributed by atoms with Crippen molar-refractivity contribution in [1.82, 2.24) is 20.2 Å². The predicted molar refractivity (Wildman–Crippen MR) is 126 cm³/mol. The Morgan fingerprint density at radius 3 is 2.72 bits per heavy atom. The number of aromatic nitrogens is 2. The Hall–Kier alpha value is -2.29. The van der Waals surface area contributed by atoms with Gasteiger partial charge in [0.05, 0.1) is 15.3 Å². The Kier molecular flexibility index (Phi) is 6.26. The number of halogens is 2. The molecule has 5 rings (SSSR count). The second-order valence-corrected chi connectivity index (χ2v) is 10.1. The van der Waals surface area contributed by atoms with Crippen molar-refractivity contribution >= 4 is 50.6 Å². The molecule has 0 bridgehead atoms. The highest BCUT2D eigenvalue weighted by atomic mass is 35.5. The first-order chi connectivity index (χ1) is 15.5. The summed E-state index contributed by atoms with van der Waals surface area (Å²) in [5.74, 6) is 0.890. The normalized spacial score (nSPS) is 17.9. The van der Waals surface area contributed by atoms with Crippen LogP contribution < -0.4 is 10.6 Å². The fourth-order valence-corrected chi connectivity index (χ4v) is 5.42. The van der Waals surface area contributed by atoms with Crippen LogP contribution in [0.5, 0.6) is 0 Å². The van der Waals surface area contributed by atoms with E-state index in [0.717, 1.165) is 42.1 Å². The summed E-state index contributed by atoms with van der Waals surface area (Å²) in [4.78, 5) is 25.4. The average molecular weight is 474 g/mol. The van der Waals surface area contributed by atoms with Gasteiger partial charge < -0.3 is 15.5 Å². The second-order valence-electron chi connectivity index (χ2n) is 8.65. The van der Waals surface area contributed by atoms with E-state index < -0.39 is 5.82 Å². The Balaban J connectivity index is 1.24. The van der Waals surface area contributed by atoms with E-state index >= 15 is 0 Å². The van der Waals surface area contributed by atoms with Gasteiger partial charge in [0.25, 0.3) is 5.91 Å². The van der Waals surface area contributed by atoms with Crippen molar-refractivity contribution in [1.29, 1.82) is 0 Å². The van der Waals surface area contributed by atoms with E-state index in [4.69, 9.17) is 11.6 Å². The maximum absolute atomic E-state index is 13.4. The third-order valence-corrected chi connectivity index (χ3v) is 7.73. The van der Waals surface area contributed by atoms with Crippen LogP contribution in [-0.2, 0) is 0 Å². The van der Waals surface area contributed by atoms with Gasteiger partial charge in [0.1, 0.15) is 22.8 Å². The molecule has 2 N–H and O–H groups in total. The number of fused-ring (bicyclic) bond motifs is 1. The number of carbonyl (C=O) groups is 1. The minimum absolute atomic E-state index is 0.0319. The van der Waals surface area contributed by atoms with E-state index in [2.05, 4.69) is 25.5 Å². The quantitative estimate of drug-likeness (QED) is 0.513. The molecule has 2 aliphatic rings. The number of thiophene rings is 1. The first-order valence-corrected chi connectivity index (χ1v) is 12.2. The van der Waals surface area contributed by atoms with Crippen LogP contribution in [0, 0.1) is 11.7 Å². The number of likely N-dealkylation sites (tertiary alicyclic amines) is 1. The van der Waals surface area contributed by atoms with Gasteiger partial charge in [-0.05, 0) is 55.9 Å². The van der Waals surface area contributed by atoms with Crippen LogP contribution in [0.2, 0.25) is 5.02 Å². The van der Waals surface area contributed by atoms with Crippen LogP contribution in [0.3, 0.4) is 0 Å².